The number of rotatable bonds is 11. The molecule has 0 aromatic carbocycles. The highest BCUT2D eigenvalue weighted by atomic mass is 31.3. The predicted molar refractivity (Wildman–Crippen MR) is 114 cm³/mol. The Morgan fingerprint density at radius 2 is 1.94 bits per heavy atom. The van der Waals surface area contributed by atoms with Crippen LogP contribution in [0.3, 0.4) is 0 Å². The van der Waals surface area contributed by atoms with Crippen LogP contribution in [-0.4, -0.2) is 61.2 Å². The topological polar surface area (TPSA) is 308 Å². The number of nitrogens with two attached hydrogens (primary N) is 1. The van der Waals surface area contributed by atoms with Crippen LogP contribution in [-0.2, 0) is 36.3 Å². The maximum Gasteiger partial charge on any atom is 0.490 e. The lowest BCUT2D eigenvalue weighted by Gasteiger charge is -2.20. The summed E-state index contributed by atoms with van der Waals surface area (Å²) in [7, 11) is -16.8. The second kappa shape index (κ2) is 12.4. The lowest BCUT2D eigenvalue weighted by Crippen LogP contribution is -2.33. The molecule has 0 bridgehead atoms. The Kier molecular flexibility index (Phi) is 10.3. The maximum atomic E-state index is 12.3. The summed E-state index contributed by atoms with van der Waals surface area (Å²) >= 11 is 0. The van der Waals surface area contributed by atoms with Gasteiger partial charge < -0.3 is 34.8 Å². The summed E-state index contributed by atoms with van der Waals surface area (Å²) in [4.78, 5) is 64.7. The molecule has 2 heterocycles. The van der Waals surface area contributed by atoms with Gasteiger partial charge in [-0.2, -0.15) is 8.62 Å². The molecule has 2 rings (SSSR count). The molecule has 0 amide bonds. The third kappa shape index (κ3) is 9.37. The summed E-state index contributed by atoms with van der Waals surface area (Å²) in [5.41, 5.74) is 11.8. The lowest BCUT2D eigenvalue weighted by molar-refractivity contribution is -0.0601. The number of aromatic amines is 1. The van der Waals surface area contributed by atoms with Crippen molar-refractivity contribution >= 4 is 23.5 Å². The number of aromatic nitrogens is 2. The smallest absolute Gasteiger partial charge is 0.369 e. The van der Waals surface area contributed by atoms with Gasteiger partial charge in [0.15, 0.2) is 0 Å². The highest BCUT2D eigenvalue weighted by Crippen LogP contribution is 2.66. The van der Waals surface area contributed by atoms with Crippen molar-refractivity contribution < 1.29 is 55.9 Å². The van der Waals surface area contributed by atoms with Crippen molar-refractivity contribution in [1.82, 2.24) is 9.55 Å². The fraction of sp³-hybridized carbons (Fsp3) is 0.538. The van der Waals surface area contributed by atoms with Crippen LogP contribution in [0.5, 0.6) is 0 Å². The largest absolute Gasteiger partial charge is 0.490 e. The molecule has 200 valence electrons. The minimum absolute atomic E-state index is 0.0729. The second-order valence-corrected chi connectivity index (χ2v) is 11.0. The standard InChI is InChI=1S/C13H19N6O14P3/c14-3-1-2-8-5-19(13(21)17-12(8)20)11-4-9(29-7-16-18-15)10(31-11)6-30-35(25,26)33-36(27,28)32-34(22,23)24/h5,9-11H,3-4,6-7,14H2,(H,25,26)(H,27,28)(H,17,20,21)(H2,22,23,24)/t9-,10-,11-/m1/s1. The number of hydrogen-bond acceptors (Lipinski definition) is 12. The summed E-state index contributed by atoms with van der Waals surface area (Å²) in [6, 6.07) is 0. The number of H-pyrrole nitrogens is 1. The molecular formula is C13H19N6O14P3. The normalized spacial score (nSPS) is 23.1. The molecule has 5 atom stereocenters. The number of hydrogen-bond donors (Lipinski definition) is 6. The number of nitrogens with zero attached hydrogens (tertiary/aromatic N) is 4. The molecule has 1 aliphatic heterocycles. The summed E-state index contributed by atoms with van der Waals surface area (Å²) < 4.78 is 57.7. The molecule has 23 heteroatoms. The Morgan fingerprint density at radius 3 is 2.56 bits per heavy atom. The SMILES string of the molecule is [N-]=[N+]=NCO[C@@H]1C[C@H](n2cc(C#CCN)c(=O)[nH]c2=O)O[C@@H]1COP(=O)(O)OP(=O)(O)OP(=O)(O)O. The van der Waals surface area contributed by atoms with Crippen LogP contribution in [0.4, 0.5) is 0 Å². The first-order valence-corrected chi connectivity index (χ1v) is 13.8. The van der Waals surface area contributed by atoms with Crippen molar-refractivity contribution in [3.63, 3.8) is 0 Å². The number of ether oxygens (including phenoxy) is 2. The van der Waals surface area contributed by atoms with E-state index in [9.17, 15) is 33.1 Å². The molecule has 1 saturated heterocycles. The minimum Gasteiger partial charge on any atom is -0.369 e. The Bertz CT molecular complexity index is 1320. The van der Waals surface area contributed by atoms with E-state index in [4.69, 9.17) is 30.5 Å². The number of phosphoric acid groups is 3. The van der Waals surface area contributed by atoms with Crippen molar-refractivity contribution in [2.45, 2.75) is 24.9 Å². The van der Waals surface area contributed by atoms with E-state index in [2.05, 4.69) is 35.0 Å². The fourth-order valence-electron chi connectivity index (χ4n) is 2.76. The second-order valence-electron chi connectivity index (χ2n) is 6.53. The fourth-order valence-corrected chi connectivity index (χ4v) is 5.79. The van der Waals surface area contributed by atoms with Crippen LogP contribution in [0.15, 0.2) is 20.9 Å². The van der Waals surface area contributed by atoms with Gasteiger partial charge in [-0.15, -0.1) is 0 Å². The van der Waals surface area contributed by atoms with Gasteiger partial charge in [-0.1, -0.05) is 17.0 Å². The molecule has 1 aromatic heterocycles. The van der Waals surface area contributed by atoms with Gasteiger partial charge in [0, 0.05) is 17.5 Å². The molecular weight excluding hydrogens is 557 g/mol. The number of phosphoric ester groups is 1. The molecule has 1 aromatic rings. The van der Waals surface area contributed by atoms with Gasteiger partial charge in [0.05, 0.1) is 19.3 Å². The van der Waals surface area contributed by atoms with Crippen LogP contribution in [0, 0.1) is 11.8 Å². The molecule has 0 spiro atoms. The third-order valence-electron chi connectivity index (χ3n) is 4.01. The highest BCUT2D eigenvalue weighted by molar-refractivity contribution is 7.66. The maximum absolute atomic E-state index is 12.3. The first-order valence-electron chi connectivity index (χ1n) is 9.27. The number of nitrogens with one attached hydrogen (secondary N) is 1. The monoisotopic (exact) mass is 576 g/mol. The quantitative estimate of drug-likeness (QED) is 0.0613. The van der Waals surface area contributed by atoms with Gasteiger partial charge in [0.2, 0.25) is 0 Å². The predicted octanol–water partition coefficient (Wildman–Crippen LogP) is -0.869. The molecule has 0 saturated carbocycles. The van der Waals surface area contributed by atoms with Gasteiger partial charge in [0.1, 0.15) is 24.6 Å². The molecule has 2 unspecified atom stereocenters. The van der Waals surface area contributed by atoms with E-state index < -0.39 is 66.5 Å². The minimum atomic E-state index is -5.75. The van der Waals surface area contributed by atoms with Crippen LogP contribution in [0.1, 0.15) is 18.2 Å². The molecule has 0 radical (unpaired) electrons. The highest BCUT2D eigenvalue weighted by Gasteiger charge is 2.43. The van der Waals surface area contributed by atoms with Gasteiger partial charge in [-0.3, -0.25) is 18.9 Å². The van der Waals surface area contributed by atoms with E-state index in [1.165, 1.54) is 0 Å². The third-order valence-corrected chi connectivity index (χ3v) is 7.81. The number of azide groups is 1. The Labute approximate surface area is 200 Å². The molecule has 20 nitrogen and oxygen atoms in total. The van der Waals surface area contributed by atoms with E-state index in [0.717, 1.165) is 10.8 Å². The average molecular weight is 576 g/mol. The Morgan fingerprint density at radius 1 is 1.25 bits per heavy atom. The van der Waals surface area contributed by atoms with Crippen molar-refractivity contribution in [2.75, 3.05) is 19.9 Å². The zero-order valence-electron chi connectivity index (χ0n) is 17.7. The van der Waals surface area contributed by atoms with Crippen molar-refractivity contribution in [1.29, 1.82) is 0 Å². The summed E-state index contributed by atoms with van der Waals surface area (Å²) in [6.45, 7) is -1.51. The summed E-state index contributed by atoms with van der Waals surface area (Å²) in [5, 5.41) is 3.16. The molecule has 1 fully saturated rings. The van der Waals surface area contributed by atoms with E-state index >= 15 is 0 Å². The Balaban J connectivity index is 2.23. The van der Waals surface area contributed by atoms with Crippen LogP contribution >= 0.6 is 23.5 Å². The van der Waals surface area contributed by atoms with Gasteiger partial charge in [-0.05, 0) is 5.53 Å². The molecule has 1 aliphatic rings. The summed E-state index contributed by atoms with van der Waals surface area (Å²) in [5.74, 6) is 4.90. The van der Waals surface area contributed by atoms with E-state index in [1.54, 1.807) is 0 Å². The summed E-state index contributed by atoms with van der Waals surface area (Å²) in [6.07, 6.45) is -2.61. The van der Waals surface area contributed by atoms with Crippen LogP contribution in [0.2, 0.25) is 0 Å². The van der Waals surface area contributed by atoms with Gasteiger partial charge in [-0.25, -0.2) is 18.5 Å². The first kappa shape index (κ1) is 30.1. The zero-order valence-corrected chi connectivity index (χ0v) is 20.4. The van der Waals surface area contributed by atoms with Crippen molar-refractivity contribution in [2.24, 2.45) is 10.8 Å². The van der Waals surface area contributed by atoms with Crippen LogP contribution in [0.25, 0.3) is 10.4 Å². The first-order chi connectivity index (χ1) is 16.7. The Hall–Kier alpha value is -2.16. The lowest BCUT2D eigenvalue weighted by atomic mass is 10.2. The average Bonchev–Trinajstić information content (AvgIpc) is 3.12. The van der Waals surface area contributed by atoms with E-state index in [1.807, 2.05) is 4.98 Å². The van der Waals surface area contributed by atoms with E-state index in [-0.39, 0.29) is 18.5 Å². The van der Waals surface area contributed by atoms with Crippen molar-refractivity contribution in [3.05, 3.63) is 43.0 Å². The molecule has 0 aliphatic carbocycles. The van der Waals surface area contributed by atoms with Crippen molar-refractivity contribution in [3.8, 4) is 11.8 Å². The van der Waals surface area contributed by atoms with E-state index in [0.29, 0.717) is 0 Å². The molecule has 7 N–H and O–H groups in total. The molecule has 36 heavy (non-hydrogen) atoms. The van der Waals surface area contributed by atoms with Crippen LogP contribution < -0.4 is 17.0 Å². The van der Waals surface area contributed by atoms with Gasteiger partial charge in [0.25, 0.3) is 5.56 Å². The van der Waals surface area contributed by atoms with Gasteiger partial charge >= 0.3 is 29.2 Å². The zero-order chi connectivity index (χ0) is 27.1.